The Labute approximate surface area is 197 Å². The summed E-state index contributed by atoms with van der Waals surface area (Å²) >= 11 is 0. The van der Waals surface area contributed by atoms with Crippen LogP contribution in [-0.4, -0.2) is 50.6 Å². The molecule has 2 aromatic heterocycles. The first-order valence-electron chi connectivity index (χ1n) is 11.7. The van der Waals surface area contributed by atoms with Gasteiger partial charge in [-0.2, -0.15) is 4.98 Å². The average Bonchev–Trinajstić information content (AvgIpc) is 3.52. The van der Waals surface area contributed by atoms with Crippen LogP contribution in [0.5, 0.6) is 0 Å². The first-order valence-corrected chi connectivity index (χ1v) is 11.7. The standard InChI is InChI=1S/C25H30N6O3/c1-16(2)9-10-30-21-22(27-24(30)29-13-18-11-26-12-19(18)14-29)28(3)25(34)31(23(21)33)15-20(32)17-7-5-4-6-8-17/h4-9,18-19,26H,10-15H2,1-3H3. The quantitative estimate of drug-likeness (QED) is 0.440. The molecule has 9 heteroatoms. The molecule has 1 aromatic carbocycles. The van der Waals surface area contributed by atoms with Gasteiger partial charge in [-0.05, 0) is 25.7 Å². The number of fused-ring (bicyclic) bond motifs is 2. The third-order valence-electron chi connectivity index (χ3n) is 6.96. The van der Waals surface area contributed by atoms with Crippen molar-refractivity contribution in [2.45, 2.75) is 26.9 Å². The van der Waals surface area contributed by atoms with E-state index in [-0.39, 0.29) is 12.3 Å². The maximum atomic E-state index is 13.6. The number of hydrogen-bond acceptors (Lipinski definition) is 6. The van der Waals surface area contributed by atoms with E-state index in [4.69, 9.17) is 4.98 Å². The van der Waals surface area contributed by atoms with Gasteiger partial charge in [-0.25, -0.2) is 4.79 Å². The van der Waals surface area contributed by atoms with Crippen molar-refractivity contribution in [3.8, 4) is 0 Å². The van der Waals surface area contributed by atoms with Gasteiger partial charge in [0.25, 0.3) is 5.56 Å². The van der Waals surface area contributed by atoms with Crippen molar-refractivity contribution in [3.63, 3.8) is 0 Å². The van der Waals surface area contributed by atoms with Crippen LogP contribution in [0.15, 0.2) is 51.6 Å². The first kappa shape index (κ1) is 22.3. The summed E-state index contributed by atoms with van der Waals surface area (Å²) in [6, 6.07) is 8.72. The second-order valence-corrected chi connectivity index (χ2v) is 9.58. The number of aryl methyl sites for hydroxylation is 1. The van der Waals surface area contributed by atoms with Gasteiger partial charge in [0.2, 0.25) is 5.95 Å². The zero-order chi connectivity index (χ0) is 24.0. The van der Waals surface area contributed by atoms with Gasteiger partial charge in [0.1, 0.15) is 0 Å². The molecule has 2 saturated heterocycles. The number of carbonyl (C=O) groups excluding carboxylic acids is 1. The minimum Gasteiger partial charge on any atom is -0.341 e. The number of carbonyl (C=O) groups is 1. The number of nitrogens with one attached hydrogen (secondary N) is 1. The summed E-state index contributed by atoms with van der Waals surface area (Å²) in [5, 5.41) is 3.45. The highest BCUT2D eigenvalue weighted by molar-refractivity contribution is 5.95. The Morgan fingerprint density at radius 2 is 1.76 bits per heavy atom. The van der Waals surface area contributed by atoms with Crippen molar-refractivity contribution in [2.75, 3.05) is 31.1 Å². The van der Waals surface area contributed by atoms with Gasteiger partial charge in [-0.1, -0.05) is 42.0 Å². The van der Waals surface area contributed by atoms with E-state index in [1.165, 1.54) is 4.57 Å². The highest BCUT2D eigenvalue weighted by atomic mass is 16.2. The van der Waals surface area contributed by atoms with Crippen molar-refractivity contribution in [3.05, 3.63) is 68.4 Å². The number of nitrogens with zero attached hydrogens (tertiary/aromatic N) is 5. The Kier molecular flexibility index (Phi) is 5.73. The molecule has 4 heterocycles. The fraction of sp³-hybridized carbons (Fsp3) is 0.440. The van der Waals surface area contributed by atoms with Crippen LogP contribution < -0.4 is 21.5 Å². The number of Topliss-reactive ketones (excluding diaryl/α,β-unsaturated/α-hetero) is 1. The van der Waals surface area contributed by atoms with Gasteiger partial charge in [0, 0.05) is 45.3 Å². The SMILES string of the molecule is CC(C)=CCn1c(N2CC3CNCC3C2)nc2c1c(=O)n(CC(=O)c1ccccc1)c(=O)n2C. The number of benzene rings is 1. The zero-order valence-corrected chi connectivity index (χ0v) is 19.8. The molecule has 0 radical (unpaired) electrons. The number of rotatable bonds is 6. The predicted octanol–water partition coefficient (Wildman–Crippen LogP) is 1.40. The van der Waals surface area contributed by atoms with Crippen LogP contribution in [0.25, 0.3) is 11.2 Å². The molecule has 0 spiro atoms. The van der Waals surface area contributed by atoms with Crippen LogP contribution >= 0.6 is 0 Å². The third kappa shape index (κ3) is 3.79. The van der Waals surface area contributed by atoms with Gasteiger partial charge in [0.05, 0.1) is 6.54 Å². The number of aromatic nitrogens is 4. The summed E-state index contributed by atoms with van der Waals surface area (Å²) < 4.78 is 4.32. The van der Waals surface area contributed by atoms with Crippen molar-refractivity contribution < 1.29 is 4.79 Å². The summed E-state index contributed by atoms with van der Waals surface area (Å²) in [6.07, 6.45) is 2.05. The summed E-state index contributed by atoms with van der Waals surface area (Å²) in [6.45, 7) is 7.89. The Morgan fingerprint density at radius 3 is 2.41 bits per heavy atom. The molecule has 2 atom stereocenters. The Bertz CT molecular complexity index is 1380. The monoisotopic (exact) mass is 462 g/mol. The van der Waals surface area contributed by atoms with Crippen LogP contribution in [-0.2, 0) is 20.1 Å². The largest absolute Gasteiger partial charge is 0.341 e. The van der Waals surface area contributed by atoms with Gasteiger partial charge < -0.3 is 14.8 Å². The third-order valence-corrected chi connectivity index (χ3v) is 6.96. The Hall–Kier alpha value is -3.46. The number of anilines is 1. The molecule has 2 unspecified atom stereocenters. The van der Waals surface area contributed by atoms with Crippen molar-refractivity contribution in [1.29, 1.82) is 0 Å². The molecule has 1 N–H and O–H groups in total. The Balaban J connectivity index is 1.64. The van der Waals surface area contributed by atoms with E-state index in [9.17, 15) is 14.4 Å². The number of allylic oxidation sites excluding steroid dienone is 2. The molecule has 0 saturated carbocycles. The molecule has 2 fully saturated rings. The van der Waals surface area contributed by atoms with Crippen molar-refractivity contribution in [2.24, 2.45) is 18.9 Å². The lowest BCUT2D eigenvalue weighted by Gasteiger charge is -2.19. The smallest absolute Gasteiger partial charge is 0.332 e. The van der Waals surface area contributed by atoms with Gasteiger partial charge in [0.15, 0.2) is 16.9 Å². The predicted molar refractivity (Wildman–Crippen MR) is 132 cm³/mol. The number of imidazole rings is 1. The van der Waals surface area contributed by atoms with E-state index >= 15 is 0 Å². The number of hydrogen-bond donors (Lipinski definition) is 1. The lowest BCUT2D eigenvalue weighted by molar-refractivity contribution is 0.0969. The summed E-state index contributed by atoms with van der Waals surface area (Å²) in [5.74, 6) is 1.54. The summed E-state index contributed by atoms with van der Waals surface area (Å²) in [5.41, 5.74) is 1.27. The van der Waals surface area contributed by atoms with Gasteiger partial charge in [-0.15, -0.1) is 0 Å². The molecule has 178 valence electrons. The average molecular weight is 463 g/mol. The second kappa shape index (κ2) is 8.72. The molecule has 0 aliphatic carbocycles. The van der Waals surface area contributed by atoms with Crippen molar-refractivity contribution in [1.82, 2.24) is 24.0 Å². The maximum Gasteiger partial charge on any atom is 0.332 e. The first-order chi connectivity index (χ1) is 16.3. The fourth-order valence-corrected chi connectivity index (χ4v) is 5.07. The highest BCUT2D eigenvalue weighted by Crippen LogP contribution is 2.31. The molecular weight excluding hydrogens is 432 g/mol. The fourth-order valence-electron chi connectivity index (χ4n) is 5.07. The molecule has 2 aliphatic heterocycles. The van der Waals surface area contributed by atoms with Crippen LogP contribution in [0.4, 0.5) is 5.95 Å². The van der Waals surface area contributed by atoms with Crippen LogP contribution in [0.1, 0.15) is 24.2 Å². The molecule has 0 bridgehead atoms. The van der Waals surface area contributed by atoms with E-state index in [0.717, 1.165) is 36.3 Å². The van der Waals surface area contributed by atoms with E-state index in [2.05, 4.69) is 10.2 Å². The van der Waals surface area contributed by atoms with E-state index in [1.807, 2.05) is 30.6 Å². The number of ketones is 1. The topological polar surface area (TPSA) is 94.2 Å². The second-order valence-electron chi connectivity index (χ2n) is 9.58. The normalized spacial score (nSPS) is 19.6. The van der Waals surface area contributed by atoms with Gasteiger partial charge in [-0.3, -0.25) is 18.7 Å². The highest BCUT2D eigenvalue weighted by Gasteiger charge is 2.38. The lowest BCUT2D eigenvalue weighted by atomic mass is 10.0. The molecule has 9 nitrogen and oxygen atoms in total. The van der Waals surface area contributed by atoms with E-state index in [1.54, 1.807) is 31.3 Å². The summed E-state index contributed by atoms with van der Waals surface area (Å²) in [7, 11) is 1.61. The molecule has 34 heavy (non-hydrogen) atoms. The van der Waals surface area contributed by atoms with E-state index in [0.29, 0.717) is 41.1 Å². The van der Waals surface area contributed by atoms with Crippen LogP contribution in [0, 0.1) is 11.8 Å². The molecule has 3 aromatic rings. The van der Waals surface area contributed by atoms with Crippen molar-refractivity contribution >= 4 is 22.9 Å². The lowest BCUT2D eigenvalue weighted by Crippen LogP contribution is -2.41. The minimum absolute atomic E-state index is 0.283. The zero-order valence-electron chi connectivity index (χ0n) is 19.8. The van der Waals surface area contributed by atoms with Crippen LogP contribution in [0.3, 0.4) is 0 Å². The molecule has 0 amide bonds. The Morgan fingerprint density at radius 1 is 1.09 bits per heavy atom. The van der Waals surface area contributed by atoms with E-state index < -0.39 is 11.2 Å². The summed E-state index contributed by atoms with van der Waals surface area (Å²) in [4.78, 5) is 46.6. The van der Waals surface area contributed by atoms with Gasteiger partial charge >= 0.3 is 5.69 Å². The molecular formula is C25H30N6O3. The minimum atomic E-state index is -0.539. The molecule has 5 rings (SSSR count). The maximum absolute atomic E-state index is 13.6. The molecule has 2 aliphatic rings. The van der Waals surface area contributed by atoms with Crippen LogP contribution in [0.2, 0.25) is 0 Å².